The van der Waals surface area contributed by atoms with Gasteiger partial charge in [0.2, 0.25) is 0 Å². The monoisotopic (exact) mass is 246 g/mol. The van der Waals surface area contributed by atoms with Gasteiger partial charge in [0.15, 0.2) is 5.65 Å². The van der Waals surface area contributed by atoms with Crippen LogP contribution in [0, 0.1) is 12.8 Å². The summed E-state index contributed by atoms with van der Waals surface area (Å²) in [5.74, 6) is 0.629. The molecule has 0 amide bonds. The first-order valence-corrected chi connectivity index (χ1v) is 6.50. The number of nitrogens with one attached hydrogen (secondary N) is 2. The van der Waals surface area contributed by atoms with E-state index in [-0.39, 0.29) is 5.56 Å². The van der Waals surface area contributed by atoms with Crippen LogP contribution in [0.5, 0.6) is 0 Å². The van der Waals surface area contributed by atoms with Crippen LogP contribution in [0.4, 0.5) is 0 Å². The third kappa shape index (κ3) is 1.75. The highest BCUT2D eigenvalue weighted by Crippen LogP contribution is 2.14. The van der Waals surface area contributed by atoms with Gasteiger partial charge in [-0.25, -0.2) is 9.50 Å². The number of hydrogen-bond acceptors (Lipinski definition) is 3. The minimum Gasteiger partial charge on any atom is -0.316 e. The molecule has 0 bridgehead atoms. The molecule has 2 aromatic rings. The summed E-state index contributed by atoms with van der Waals surface area (Å²) in [7, 11) is 0. The highest BCUT2D eigenvalue weighted by molar-refractivity contribution is 5.49. The molecule has 0 aliphatic carbocycles. The average molecular weight is 246 g/mol. The van der Waals surface area contributed by atoms with Crippen molar-refractivity contribution in [2.45, 2.75) is 26.7 Å². The van der Waals surface area contributed by atoms with Crippen molar-refractivity contribution < 1.29 is 0 Å². The number of aryl methyl sites for hydroxylation is 2. The minimum absolute atomic E-state index is 0.00918. The van der Waals surface area contributed by atoms with Crippen LogP contribution in [0.3, 0.4) is 0 Å². The Morgan fingerprint density at radius 1 is 1.50 bits per heavy atom. The fourth-order valence-electron chi connectivity index (χ4n) is 2.48. The van der Waals surface area contributed by atoms with Crippen LogP contribution in [0.2, 0.25) is 0 Å². The molecule has 0 spiro atoms. The van der Waals surface area contributed by atoms with E-state index in [9.17, 15) is 4.79 Å². The topological polar surface area (TPSA) is 62.2 Å². The van der Waals surface area contributed by atoms with Crippen molar-refractivity contribution in [2.75, 3.05) is 13.1 Å². The van der Waals surface area contributed by atoms with Gasteiger partial charge in [-0.15, -0.1) is 0 Å². The lowest BCUT2D eigenvalue weighted by Gasteiger charge is -2.26. The zero-order chi connectivity index (χ0) is 12.7. The maximum atomic E-state index is 12.0. The third-order valence-electron chi connectivity index (χ3n) is 3.72. The number of rotatable bonds is 3. The molecular weight excluding hydrogens is 228 g/mol. The zero-order valence-corrected chi connectivity index (χ0v) is 10.8. The maximum Gasteiger partial charge on any atom is 0.272 e. The lowest BCUT2D eigenvalue weighted by Crippen LogP contribution is -2.43. The van der Waals surface area contributed by atoms with E-state index in [2.05, 4.69) is 22.3 Å². The molecule has 3 heterocycles. The van der Waals surface area contributed by atoms with Gasteiger partial charge in [-0.05, 0) is 38.8 Å². The Hall–Kier alpha value is -1.62. The second-order valence-electron chi connectivity index (χ2n) is 5.04. The fourth-order valence-corrected chi connectivity index (χ4v) is 2.48. The molecule has 18 heavy (non-hydrogen) atoms. The van der Waals surface area contributed by atoms with Crippen molar-refractivity contribution in [1.82, 2.24) is 19.9 Å². The Balaban J connectivity index is 2.07. The number of aromatic nitrogens is 3. The van der Waals surface area contributed by atoms with Crippen LogP contribution in [-0.4, -0.2) is 27.7 Å². The highest BCUT2D eigenvalue weighted by atomic mass is 16.1. The second-order valence-corrected chi connectivity index (χ2v) is 5.04. The first kappa shape index (κ1) is 11.5. The summed E-state index contributed by atoms with van der Waals surface area (Å²) in [6.07, 6.45) is 1.78. The third-order valence-corrected chi connectivity index (χ3v) is 3.72. The van der Waals surface area contributed by atoms with E-state index in [0.717, 1.165) is 48.5 Å². The molecule has 2 N–H and O–H groups in total. The molecule has 1 aliphatic rings. The van der Waals surface area contributed by atoms with E-state index in [4.69, 9.17) is 0 Å². The van der Waals surface area contributed by atoms with Crippen molar-refractivity contribution in [1.29, 1.82) is 0 Å². The zero-order valence-electron chi connectivity index (χ0n) is 10.8. The van der Waals surface area contributed by atoms with Crippen molar-refractivity contribution >= 4 is 5.65 Å². The van der Waals surface area contributed by atoms with Crippen molar-refractivity contribution in [2.24, 2.45) is 5.92 Å². The lowest BCUT2D eigenvalue weighted by atomic mass is 9.97. The van der Waals surface area contributed by atoms with E-state index in [1.807, 2.05) is 6.92 Å². The number of nitrogens with zero attached hydrogens (tertiary/aromatic N) is 2. The van der Waals surface area contributed by atoms with Crippen LogP contribution in [0.25, 0.3) is 5.65 Å². The van der Waals surface area contributed by atoms with E-state index in [1.165, 1.54) is 0 Å². The van der Waals surface area contributed by atoms with Gasteiger partial charge < -0.3 is 5.32 Å². The van der Waals surface area contributed by atoms with E-state index >= 15 is 0 Å². The molecule has 3 rings (SSSR count). The summed E-state index contributed by atoms with van der Waals surface area (Å²) < 4.78 is 1.55. The van der Waals surface area contributed by atoms with Crippen molar-refractivity contribution in [3.05, 3.63) is 33.4 Å². The van der Waals surface area contributed by atoms with Crippen molar-refractivity contribution in [3.63, 3.8) is 0 Å². The number of H-pyrrole nitrogens is 1. The van der Waals surface area contributed by atoms with Gasteiger partial charge in [0, 0.05) is 23.0 Å². The van der Waals surface area contributed by atoms with Crippen LogP contribution >= 0.6 is 0 Å². The average Bonchev–Trinajstić information content (AvgIpc) is 2.62. The summed E-state index contributed by atoms with van der Waals surface area (Å²) >= 11 is 0. The summed E-state index contributed by atoms with van der Waals surface area (Å²) in [6, 6.07) is 1.65. The van der Waals surface area contributed by atoms with Gasteiger partial charge in [0.25, 0.3) is 5.56 Å². The summed E-state index contributed by atoms with van der Waals surface area (Å²) in [5.41, 5.74) is 3.85. The Labute approximate surface area is 105 Å². The van der Waals surface area contributed by atoms with Crippen LogP contribution in [0.1, 0.15) is 23.9 Å². The second kappa shape index (κ2) is 4.24. The number of hydrogen-bond donors (Lipinski definition) is 2. The normalized spacial score (nSPS) is 16.1. The SMILES string of the molecule is CCc1[nH]n2c(=O)cc(CC3CNC3)nc2c1C. The Morgan fingerprint density at radius 3 is 2.89 bits per heavy atom. The van der Waals surface area contributed by atoms with Crippen molar-refractivity contribution in [3.8, 4) is 0 Å². The minimum atomic E-state index is -0.00918. The lowest BCUT2D eigenvalue weighted by molar-refractivity contribution is 0.344. The summed E-state index contributed by atoms with van der Waals surface area (Å²) in [4.78, 5) is 16.7. The predicted octanol–water partition coefficient (Wildman–Crippen LogP) is 0.655. The maximum absolute atomic E-state index is 12.0. The largest absolute Gasteiger partial charge is 0.316 e. The van der Waals surface area contributed by atoms with Crippen LogP contribution in [-0.2, 0) is 12.8 Å². The molecule has 0 aromatic carbocycles. The van der Waals surface area contributed by atoms with E-state index in [1.54, 1.807) is 10.6 Å². The smallest absolute Gasteiger partial charge is 0.272 e. The predicted molar refractivity (Wildman–Crippen MR) is 70.0 cm³/mol. The first-order chi connectivity index (χ1) is 8.69. The molecular formula is C13H18N4O. The summed E-state index contributed by atoms with van der Waals surface area (Å²) in [5, 5.41) is 6.36. The molecule has 2 aromatic heterocycles. The van der Waals surface area contributed by atoms with Gasteiger partial charge in [-0.2, -0.15) is 0 Å². The number of aromatic amines is 1. The molecule has 5 nitrogen and oxygen atoms in total. The molecule has 1 aliphatic heterocycles. The molecule has 5 heteroatoms. The molecule has 0 unspecified atom stereocenters. The fraction of sp³-hybridized carbons (Fsp3) is 0.538. The molecule has 0 saturated carbocycles. The van der Waals surface area contributed by atoms with Gasteiger partial charge in [0.05, 0.1) is 0 Å². The van der Waals surface area contributed by atoms with Crippen LogP contribution < -0.4 is 10.9 Å². The molecule has 0 radical (unpaired) electrons. The Morgan fingerprint density at radius 2 is 2.28 bits per heavy atom. The van der Waals surface area contributed by atoms with E-state index in [0.29, 0.717) is 5.92 Å². The van der Waals surface area contributed by atoms with Gasteiger partial charge in [-0.1, -0.05) is 6.92 Å². The number of fused-ring (bicyclic) bond motifs is 1. The molecule has 1 saturated heterocycles. The standard InChI is InChI=1S/C13H18N4O/c1-3-11-8(2)13-15-10(4-9-6-14-7-9)5-12(18)17(13)16-11/h5,9,14,16H,3-4,6-7H2,1-2H3. The van der Waals surface area contributed by atoms with Gasteiger partial charge in [-0.3, -0.25) is 9.89 Å². The first-order valence-electron chi connectivity index (χ1n) is 6.50. The highest BCUT2D eigenvalue weighted by Gasteiger charge is 2.19. The van der Waals surface area contributed by atoms with E-state index < -0.39 is 0 Å². The van der Waals surface area contributed by atoms with Crippen LogP contribution in [0.15, 0.2) is 10.9 Å². The summed E-state index contributed by atoms with van der Waals surface area (Å²) in [6.45, 7) is 6.16. The Bertz CT molecular complexity index is 636. The molecule has 0 atom stereocenters. The Kier molecular flexibility index (Phi) is 2.70. The molecule has 1 fully saturated rings. The van der Waals surface area contributed by atoms with Gasteiger partial charge in [0.1, 0.15) is 0 Å². The molecule has 96 valence electrons. The van der Waals surface area contributed by atoms with Gasteiger partial charge >= 0.3 is 0 Å². The quantitative estimate of drug-likeness (QED) is 0.836.